The van der Waals surface area contributed by atoms with Gasteiger partial charge in [0.1, 0.15) is 0 Å². The Hall–Kier alpha value is -1.21. The number of ether oxygens (including phenoxy) is 1. The van der Waals surface area contributed by atoms with E-state index in [9.17, 15) is 15.0 Å². The fraction of sp³-hybridized carbons (Fsp3) is 0.792. The number of allylic oxidation sites excluding steroid dienone is 3. The number of unbranched alkanes of at least 4 members (excludes halogenated alkanes) is 3. The van der Waals surface area contributed by atoms with Crippen LogP contribution in [-0.2, 0) is 9.53 Å². The number of rotatable bonds is 15. The van der Waals surface area contributed by atoms with Gasteiger partial charge in [-0.2, -0.15) is 0 Å². The van der Waals surface area contributed by atoms with Gasteiger partial charge in [0, 0.05) is 13.0 Å². The van der Waals surface area contributed by atoms with E-state index in [0.29, 0.717) is 30.3 Å². The second-order valence-electron chi connectivity index (χ2n) is 8.80. The Morgan fingerprint density at radius 1 is 1.23 bits per heavy atom. The van der Waals surface area contributed by atoms with E-state index in [1.807, 2.05) is 6.08 Å². The van der Waals surface area contributed by atoms with E-state index in [-0.39, 0.29) is 25.2 Å². The van der Waals surface area contributed by atoms with Gasteiger partial charge in [0.05, 0.1) is 31.5 Å². The van der Waals surface area contributed by atoms with Gasteiger partial charge in [-0.15, -0.1) is 0 Å². The summed E-state index contributed by atoms with van der Waals surface area (Å²) in [6.07, 6.45) is 16.1. The molecule has 2 fully saturated rings. The number of hydrogen-bond acceptors (Lipinski definition) is 5. The highest BCUT2D eigenvalue weighted by Crippen LogP contribution is 2.47. The van der Waals surface area contributed by atoms with E-state index >= 15 is 0 Å². The maximum absolute atomic E-state index is 11.7. The number of aliphatic hydroxyl groups excluding tert-OH is 3. The summed E-state index contributed by atoms with van der Waals surface area (Å²) in [5.74, 6) is 1.44. The van der Waals surface area contributed by atoms with Gasteiger partial charge in [0.25, 0.3) is 0 Å². The van der Waals surface area contributed by atoms with Crippen molar-refractivity contribution < 1.29 is 24.9 Å². The minimum atomic E-state index is -0.891. The Morgan fingerprint density at radius 3 is 2.83 bits per heavy atom. The SMILES string of the molecule is CCCCC[C@H](O)/C=C/[C@H]1C2COC(C2)[C@@H]1C/C=C\CCCC(=O)NCC(O)CO. The van der Waals surface area contributed by atoms with Crippen molar-refractivity contribution in [3.8, 4) is 0 Å². The summed E-state index contributed by atoms with van der Waals surface area (Å²) in [6, 6.07) is 0. The number of nitrogens with one attached hydrogen (secondary N) is 1. The molecule has 0 radical (unpaired) electrons. The molecule has 6 nitrogen and oxygen atoms in total. The summed E-state index contributed by atoms with van der Waals surface area (Å²) in [5.41, 5.74) is 0. The number of aliphatic hydroxyl groups is 3. The zero-order valence-corrected chi connectivity index (χ0v) is 18.4. The lowest BCUT2D eigenvalue weighted by atomic mass is 9.85. The molecule has 6 heteroatoms. The molecule has 0 aromatic carbocycles. The average Bonchev–Trinajstić information content (AvgIpc) is 3.35. The Morgan fingerprint density at radius 2 is 2.07 bits per heavy atom. The highest BCUT2D eigenvalue weighted by atomic mass is 16.5. The van der Waals surface area contributed by atoms with Crippen molar-refractivity contribution in [2.75, 3.05) is 19.8 Å². The van der Waals surface area contributed by atoms with E-state index in [4.69, 9.17) is 9.84 Å². The summed E-state index contributed by atoms with van der Waals surface area (Å²) < 4.78 is 5.92. The van der Waals surface area contributed by atoms with Crippen molar-refractivity contribution in [3.05, 3.63) is 24.3 Å². The zero-order valence-electron chi connectivity index (χ0n) is 18.4. The molecule has 3 unspecified atom stereocenters. The predicted octanol–water partition coefficient (Wildman–Crippen LogP) is 2.72. The maximum Gasteiger partial charge on any atom is 0.220 e. The largest absolute Gasteiger partial charge is 0.394 e. The van der Waals surface area contributed by atoms with Crippen LogP contribution in [0.4, 0.5) is 0 Å². The Labute approximate surface area is 181 Å². The Kier molecular flexibility index (Phi) is 11.7. The van der Waals surface area contributed by atoms with Gasteiger partial charge in [-0.25, -0.2) is 0 Å². The lowest BCUT2D eigenvalue weighted by Crippen LogP contribution is -2.33. The molecule has 1 amide bonds. The van der Waals surface area contributed by atoms with Crippen LogP contribution in [0.2, 0.25) is 0 Å². The van der Waals surface area contributed by atoms with Crippen molar-refractivity contribution >= 4 is 5.91 Å². The van der Waals surface area contributed by atoms with E-state index in [1.165, 1.54) is 12.8 Å². The van der Waals surface area contributed by atoms with Gasteiger partial charge in [-0.05, 0) is 49.9 Å². The third-order valence-corrected chi connectivity index (χ3v) is 6.33. The topological polar surface area (TPSA) is 99.0 Å². The number of carbonyl (C=O) groups excluding carboxylic acids is 1. The molecule has 1 saturated carbocycles. The average molecular weight is 424 g/mol. The van der Waals surface area contributed by atoms with Crippen LogP contribution in [0.25, 0.3) is 0 Å². The minimum Gasteiger partial charge on any atom is -0.394 e. The van der Waals surface area contributed by atoms with Gasteiger partial charge in [-0.1, -0.05) is 50.5 Å². The van der Waals surface area contributed by atoms with E-state index in [1.54, 1.807) is 0 Å². The summed E-state index contributed by atoms with van der Waals surface area (Å²) >= 11 is 0. The van der Waals surface area contributed by atoms with Crippen LogP contribution in [0.15, 0.2) is 24.3 Å². The molecule has 1 saturated heterocycles. The quantitative estimate of drug-likeness (QED) is 0.240. The van der Waals surface area contributed by atoms with E-state index in [0.717, 1.165) is 45.1 Å². The molecule has 0 aromatic heterocycles. The molecule has 172 valence electrons. The highest BCUT2D eigenvalue weighted by molar-refractivity contribution is 5.75. The smallest absolute Gasteiger partial charge is 0.220 e. The van der Waals surface area contributed by atoms with E-state index < -0.39 is 6.10 Å². The maximum atomic E-state index is 11.7. The molecule has 2 rings (SSSR count). The van der Waals surface area contributed by atoms with Crippen LogP contribution in [-0.4, -0.2) is 59.3 Å². The molecule has 4 N–H and O–H groups in total. The summed E-state index contributed by atoms with van der Waals surface area (Å²) in [6.45, 7) is 2.77. The predicted molar refractivity (Wildman–Crippen MR) is 118 cm³/mol. The molecular formula is C24H41NO5. The van der Waals surface area contributed by atoms with Crippen molar-refractivity contribution in [2.24, 2.45) is 17.8 Å². The molecule has 1 aliphatic carbocycles. The molecule has 6 atom stereocenters. The van der Waals surface area contributed by atoms with Gasteiger partial charge in [-0.3, -0.25) is 4.79 Å². The van der Waals surface area contributed by atoms with Crippen LogP contribution < -0.4 is 5.32 Å². The molecular weight excluding hydrogens is 382 g/mol. The molecule has 0 spiro atoms. The van der Waals surface area contributed by atoms with Crippen molar-refractivity contribution in [1.82, 2.24) is 5.32 Å². The summed E-state index contributed by atoms with van der Waals surface area (Å²) in [5, 5.41) is 30.8. The molecule has 0 aromatic rings. The normalized spacial score (nSPS) is 27.9. The van der Waals surface area contributed by atoms with Crippen LogP contribution >= 0.6 is 0 Å². The first kappa shape index (κ1) is 25.1. The summed E-state index contributed by atoms with van der Waals surface area (Å²) in [7, 11) is 0. The summed E-state index contributed by atoms with van der Waals surface area (Å²) in [4.78, 5) is 11.7. The molecule has 2 aliphatic rings. The zero-order chi connectivity index (χ0) is 21.8. The second kappa shape index (κ2) is 14.0. The number of amides is 1. The minimum absolute atomic E-state index is 0.0949. The van der Waals surface area contributed by atoms with Gasteiger partial charge >= 0.3 is 0 Å². The lowest BCUT2D eigenvalue weighted by molar-refractivity contribution is -0.121. The Balaban J connectivity index is 1.68. The first-order chi connectivity index (χ1) is 14.5. The highest BCUT2D eigenvalue weighted by Gasteiger charge is 2.46. The van der Waals surface area contributed by atoms with Gasteiger partial charge < -0.3 is 25.4 Å². The molecule has 1 aliphatic heterocycles. The number of carbonyl (C=O) groups is 1. The van der Waals surface area contributed by atoms with Crippen molar-refractivity contribution in [3.63, 3.8) is 0 Å². The first-order valence-electron chi connectivity index (χ1n) is 11.7. The third kappa shape index (κ3) is 8.50. The Bertz CT molecular complexity index is 550. The first-order valence-corrected chi connectivity index (χ1v) is 11.7. The number of fused-ring (bicyclic) bond motifs is 2. The van der Waals surface area contributed by atoms with Crippen LogP contribution in [0, 0.1) is 17.8 Å². The third-order valence-electron chi connectivity index (χ3n) is 6.33. The standard InChI is InChI=1S/C24H41NO5/c1-2-3-6-9-19(27)12-13-21-18-14-23(30-17-18)22(21)10-7-4-5-8-11-24(29)25-15-20(28)16-26/h4,7,12-13,18-23,26-28H,2-3,5-6,8-11,14-17H2,1H3,(H,25,29)/b7-4-,13-12+/t18?,19-,20?,21-,22+,23?/m0/s1. The fourth-order valence-corrected chi connectivity index (χ4v) is 4.55. The number of hydrogen-bond donors (Lipinski definition) is 4. The molecule has 2 bridgehead atoms. The molecule has 30 heavy (non-hydrogen) atoms. The van der Waals surface area contributed by atoms with E-state index in [2.05, 4.69) is 30.5 Å². The van der Waals surface area contributed by atoms with Crippen molar-refractivity contribution in [2.45, 2.75) is 83.0 Å². The fourth-order valence-electron chi connectivity index (χ4n) is 4.55. The lowest BCUT2D eigenvalue weighted by Gasteiger charge is -2.28. The second-order valence-corrected chi connectivity index (χ2v) is 8.80. The van der Waals surface area contributed by atoms with Gasteiger partial charge in [0.15, 0.2) is 0 Å². The van der Waals surface area contributed by atoms with Crippen LogP contribution in [0.5, 0.6) is 0 Å². The van der Waals surface area contributed by atoms with Crippen molar-refractivity contribution in [1.29, 1.82) is 0 Å². The molecule has 1 heterocycles. The van der Waals surface area contributed by atoms with Crippen LogP contribution in [0.3, 0.4) is 0 Å². The van der Waals surface area contributed by atoms with Crippen LogP contribution in [0.1, 0.15) is 64.7 Å². The monoisotopic (exact) mass is 423 g/mol. The van der Waals surface area contributed by atoms with Gasteiger partial charge in [0.2, 0.25) is 5.91 Å².